The van der Waals surface area contributed by atoms with Gasteiger partial charge in [0.1, 0.15) is 0 Å². The molecule has 3 atom stereocenters. The largest absolute Gasteiger partial charge is 0.337 e. The highest BCUT2D eigenvalue weighted by atomic mass is 16.2. The number of carbonyl (C=O) groups is 1. The van der Waals surface area contributed by atoms with Gasteiger partial charge in [0.15, 0.2) is 0 Å². The lowest BCUT2D eigenvalue weighted by Gasteiger charge is -2.29. The van der Waals surface area contributed by atoms with Crippen molar-refractivity contribution in [3.63, 3.8) is 0 Å². The van der Waals surface area contributed by atoms with E-state index in [4.69, 9.17) is 0 Å². The zero-order valence-electron chi connectivity index (χ0n) is 11.3. The van der Waals surface area contributed by atoms with E-state index in [1.807, 2.05) is 4.90 Å². The molecule has 2 heterocycles. The predicted molar refractivity (Wildman–Crippen MR) is 72.2 cm³/mol. The van der Waals surface area contributed by atoms with Gasteiger partial charge in [-0.25, -0.2) is 0 Å². The quantitative estimate of drug-likeness (QED) is 0.721. The Morgan fingerprint density at radius 1 is 1.39 bits per heavy atom. The molecule has 18 heavy (non-hydrogen) atoms. The zero-order chi connectivity index (χ0) is 12.5. The molecule has 3 aliphatic rings. The molecule has 0 bridgehead atoms. The molecule has 0 spiro atoms. The second kappa shape index (κ2) is 5.04. The molecule has 3 rings (SSSR count). The lowest BCUT2D eigenvalue weighted by molar-refractivity contribution is -0.133. The van der Waals surface area contributed by atoms with Crippen LogP contribution in [0.15, 0.2) is 11.6 Å². The van der Waals surface area contributed by atoms with Gasteiger partial charge in [0.2, 0.25) is 5.91 Å². The van der Waals surface area contributed by atoms with Crippen molar-refractivity contribution < 1.29 is 4.79 Å². The van der Waals surface area contributed by atoms with Crippen molar-refractivity contribution in [2.75, 3.05) is 13.1 Å². The van der Waals surface area contributed by atoms with Crippen LogP contribution in [0.25, 0.3) is 0 Å². The molecule has 2 aliphatic heterocycles. The molecule has 1 amide bonds. The Bertz CT molecular complexity index is 350. The van der Waals surface area contributed by atoms with Crippen LogP contribution in [0.5, 0.6) is 0 Å². The number of hydrogen-bond donors (Lipinski definition) is 1. The van der Waals surface area contributed by atoms with Gasteiger partial charge in [-0.1, -0.05) is 24.5 Å². The smallest absolute Gasteiger partial charge is 0.240 e. The third-order valence-corrected chi connectivity index (χ3v) is 4.80. The van der Waals surface area contributed by atoms with Gasteiger partial charge in [-0.2, -0.15) is 0 Å². The third kappa shape index (κ3) is 2.33. The Hall–Kier alpha value is -0.830. The Labute approximate surface area is 110 Å². The molecule has 0 aromatic heterocycles. The van der Waals surface area contributed by atoms with Gasteiger partial charge in [-0.15, -0.1) is 0 Å². The molecule has 1 saturated carbocycles. The standard InChI is InChI=1S/C15H24N2O/c1-11-5-4-8-17(10-11)15(18)14-9-12-6-2-3-7-13(12)16-14/h5,12-14,16H,2-4,6-10H2,1H3. The van der Waals surface area contributed by atoms with Crippen molar-refractivity contribution in [3.8, 4) is 0 Å². The van der Waals surface area contributed by atoms with Gasteiger partial charge in [0.25, 0.3) is 0 Å². The summed E-state index contributed by atoms with van der Waals surface area (Å²) in [5.41, 5.74) is 1.34. The molecule has 0 radical (unpaired) electrons. The number of nitrogens with zero attached hydrogens (tertiary/aromatic N) is 1. The second-order valence-corrected chi connectivity index (χ2v) is 6.20. The van der Waals surface area contributed by atoms with Gasteiger partial charge >= 0.3 is 0 Å². The number of rotatable bonds is 1. The van der Waals surface area contributed by atoms with Crippen LogP contribution in [0.4, 0.5) is 0 Å². The first-order chi connectivity index (χ1) is 8.74. The van der Waals surface area contributed by atoms with Crippen LogP contribution >= 0.6 is 0 Å². The van der Waals surface area contributed by atoms with Crippen LogP contribution in [0, 0.1) is 5.92 Å². The lowest BCUT2D eigenvalue weighted by atomic mass is 9.85. The monoisotopic (exact) mass is 248 g/mol. The topological polar surface area (TPSA) is 32.3 Å². The first-order valence-electron chi connectivity index (χ1n) is 7.44. The minimum Gasteiger partial charge on any atom is -0.337 e. The second-order valence-electron chi connectivity index (χ2n) is 6.20. The van der Waals surface area contributed by atoms with Crippen LogP contribution in [0.2, 0.25) is 0 Å². The number of carbonyl (C=O) groups excluding carboxylic acids is 1. The minimum absolute atomic E-state index is 0.101. The number of hydrogen-bond acceptors (Lipinski definition) is 2. The van der Waals surface area contributed by atoms with E-state index >= 15 is 0 Å². The lowest BCUT2D eigenvalue weighted by Crippen LogP contribution is -2.47. The first-order valence-corrected chi connectivity index (χ1v) is 7.44. The van der Waals surface area contributed by atoms with Crippen molar-refractivity contribution >= 4 is 5.91 Å². The van der Waals surface area contributed by atoms with Gasteiger partial charge in [-0.3, -0.25) is 4.79 Å². The van der Waals surface area contributed by atoms with Crippen molar-refractivity contribution in [2.45, 2.75) is 57.5 Å². The highest BCUT2D eigenvalue weighted by Crippen LogP contribution is 2.33. The fraction of sp³-hybridized carbons (Fsp3) is 0.800. The maximum absolute atomic E-state index is 12.5. The summed E-state index contributed by atoms with van der Waals surface area (Å²) in [6.07, 6.45) is 9.63. The molecule has 1 N–H and O–H groups in total. The average molecular weight is 248 g/mol. The fourth-order valence-electron chi connectivity index (χ4n) is 3.83. The number of amides is 1. The maximum atomic E-state index is 12.5. The molecular weight excluding hydrogens is 224 g/mol. The van der Waals surface area contributed by atoms with E-state index in [1.165, 1.54) is 31.3 Å². The van der Waals surface area contributed by atoms with Crippen LogP contribution in [-0.4, -0.2) is 36.0 Å². The number of nitrogens with one attached hydrogen (secondary N) is 1. The normalized spacial score (nSPS) is 36.2. The molecular formula is C15H24N2O. The summed E-state index contributed by atoms with van der Waals surface area (Å²) in [5.74, 6) is 1.10. The van der Waals surface area contributed by atoms with E-state index in [9.17, 15) is 4.79 Å². The summed E-state index contributed by atoms with van der Waals surface area (Å²) in [7, 11) is 0. The molecule has 0 aromatic carbocycles. The summed E-state index contributed by atoms with van der Waals surface area (Å²) in [6.45, 7) is 3.87. The Morgan fingerprint density at radius 2 is 2.22 bits per heavy atom. The van der Waals surface area contributed by atoms with E-state index in [2.05, 4.69) is 18.3 Å². The highest BCUT2D eigenvalue weighted by molar-refractivity contribution is 5.82. The summed E-state index contributed by atoms with van der Waals surface area (Å²) in [6, 6.07) is 0.720. The predicted octanol–water partition coefficient (Wildman–Crippen LogP) is 2.09. The Morgan fingerprint density at radius 3 is 3.00 bits per heavy atom. The van der Waals surface area contributed by atoms with Gasteiger partial charge < -0.3 is 10.2 Å². The number of fused-ring (bicyclic) bond motifs is 1. The van der Waals surface area contributed by atoms with E-state index in [-0.39, 0.29) is 6.04 Å². The zero-order valence-corrected chi connectivity index (χ0v) is 11.3. The molecule has 1 saturated heterocycles. The van der Waals surface area contributed by atoms with E-state index in [1.54, 1.807) is 0 Å². The van der Waals surface area contributed by atoms with Crippen molar-refractivity contribution in [2.24, 2.45) is 5.92 Å². The third-order valence-electron chi connectivity index (χ3n) is 4.80. The molecule has 3 unspecified atom stereocenters. The summed E-state index contributed by atoms with van der Waals surface area (Å²) >= 11 is 0. The van der Waals surface area contributed by atoms with Gasteiger partial charge in [-0.05, 0) is 38.5 Å². The van der Waals surface area contributed by atoms with Gasteiger partial charge in [0, 0.05) is 19.1 Å². The molecule has 2 fully saturated rings. The van der Waals surface area contributed by atoms with Crippen molar-refractivity contribution in [3.05, 3.63) is 11.6 Å². The minimum atomic E-state index is 0.101. The SMILES string of the molecule is CC1=CCCN(C(=O)C2CC3CCCCC3N2)C1. The van der Waals surface area contributed by atoms with E-state index in [0.717, 1.165) is 31.8 Å². The summed E-state index contributed by atoms with van der Waals surface area (Å²) < 4.78 is 0. The molecule has 0 aromatic rings. The van der Waals surface area contributed by atoms with E-state index in [0.29, 0.717) is 11.9 Å². The van der Waals surface area contributed by atoms with Crippen LogP contribution in [-0.2, 0) is 4.79 Å². The highest BCUT2D eigenvalue weighted by Gasteiger charge is 2.39. The van der Waals surface area contributed by atoms with Crippen LogP contribution in [0.3, 0.4) is 0 Å². The van der Waals surface area contributed by atoms with Crippen LogP contribution in [0.1, 0.15) is 45.4 Å². The molecule has 3 heteroatoms. The average Bonchev–Trinajstić information content (AvgIpc) is 2.81. The molecule has 3 nitrogen and oxygen atoms in total. The summed E-state index contributed by atoms with van der Waals surface area (Å²) in [4.78, 5) is 14.6. The van der Waals surface area contributed by atoms with Crippen LogP contribution < -0.4 is 5.32 Å². The Balaban J connectivity index is 1.62. The first kappa shape index (κ1) is 12.2. The summed E-state index contributed by atoms with van der Waals surface area (Å²) in [5, 5.41) is 3.59. The maximum Gasteiger partial charge on any atom is 0.240 e. The van der Waals surface area contributed by atoms with Gasteiger partial charge in [0.05, 0.1) is 6.04 Å². The van der Waals surface area contributed by atoms with E-state index < -0.39 is 0 Å². The van der Waals surface area contributed by atoms with Crippen molar-refractivity contribution in [1.29, 1.82) is 0 Å². The molecule has 100 valence electrons. The fourth-order valence-corrected chi connectivity index (χ4v) is 3.83. The van der Waals surface area contributed by atoms with Crippen molar-refractivity contribution in [1.82, 2.24) is 10.2 Å². The molecule has 1 aliphatic carbocycles. The Kier molecular flexibility index (Phi) is 3.42.